The summed E-state index contributed by atoms with van der Waals surface area (Å²) in [4.78, 5) is 12.5. The smallest absolute Gasteiger partial charge is 0.236 e. The predicted octanol–water partition coefficient (Wildman–Crippen LogP) is 5.63. The third-order valence-electron chi connectivity index (χ3n) is 6.04. The molecule has 1 aliphatic carbocycles. The number of aryl methyl sites for hydroxylation is 1. The largest absolute Gasteiger partial charge is 0.483 e. The highest BCUT2D eigenvalue weighted by Crippen LogP contribution is 2.35. The lowest BCUT2D eigenvalue weighted by Crippen LogP contribution is -2.15. The molecule has 1 atom stereocenters. The molecular formula is C24H32N6O2S2. The maximum Gasteiger partial charge on any atom is 0.236 e. The fourth-order valence-electron chi connectivity index (χ4n) is 4.15. The Hall–Kier alpha value is -2.46. The van der Waals surface area contributed by atoms with Gasteiger partial charge in [0.2, 0.25) is 11.0 Å². The van der Waals surface area contributed by atoms with Crippen LogP contribution in [0.5, 0.6) is 5.75 Å². The highest BCUT2D eigenvalue weighted by atomic mass is 32.2. The second-order valence-electron chi connectivity index (χ2n) is 8.46. The van der Waals surface area contributed by atoms with Crippen LogP contribution in [0.15, 0.2) is 29.4 Å². The molecule has 1 saturated carbocycles. The van der Waals surface area contributed by atoms with Gasteiger partial charge in [0.15, 0.2) is 17.1 Å². The summed E-state index contributed by atoms with van der Waals surface area (Å²) < 4.78 is 8.08. The molecule has 4 rings (SSSR count). The van der Waals surface area contributed by atoms with Crippen LogP contribution in [0.2, 0.25) is 0 Å². The van der Waals surface area contributed by atoms with Gasteiger partial charge in [-0.15, -0.1) is 20.4 Å². The van der Waals surface area contributed by atoms with Gasteiger partial charge in [0, 0.05) is 12.5 Å². The lowest BCUT2D eigenvalue weighted by molar-refractivity contribution is -0.113. The van der Waals surface area contributed by atoms with Crippen LogP contribution in [0.25, 0.3) is 0 Å². The number of anilines is 1. The molecular weight excluding hydrogens is 468 g/mol. The highest BCUT2D eigenvalue weighted by molar-refractivity contribution is 7.99. The maximum atomic E-state index is 12.5. The molecule has 3 aromatic rings. The molecule has 1 fully saturated rings. The second kappa shape index (κ2) is 11.8. The van der Waals surface area contributed by atoms with E-state index in [0.717, 1.165) is 23.0 Å². The van der Waals surface area contributed by atoms with Crippen molar-refractivity contribution in [1.82, 2.24) is 25.0 Å². The molecule has 1 aliphatic rings. The molecule has 8 nitrogen and oxygen atoms in total. The van der Waals surface area contributed by atoms with E-state index in [9.17, 15) is 4.79 Å². The van der Waals surface area contributed by atoms with E-state index >= 15 is 0 Å². The summed E-state index contributed by atoms with van der Waals surface area (Å²) >= 11 is 2.86. The molecule has 0 radical (unpaired) electrons. The molecule has 10 heteroatoms. The van der Waals surface area contributed by atoms with Crippen molar-refractivity contribution in [2.24, 2.45) is 0 Å². The number of amides is 1. The Morgan fingerprint density at radius 3 is 2.62 bits per heavy atom. The zero-order valence-corrected chi connectivity index (χ0v) is 21.6. The summed E-state index contributed by atoms with van der Waals surface area (Å²) in [5, 5.41) is 22.3. The maximum absolute atomic E-state index is 12.5. The number of hydrogen-bond donors (Lipinski definition) is 1. The van der Waals surface area contributed by atoms with Gasteiger partial charge in [-0.25, -0.2) is 0 Å². The van der Waals surface area contributed by atoms with Crippen LogP contribution in [0.1, 0.15) is 81.3 Å². The van der Waals surface area contributed by atoms with Gasteiger partial charge in [-0.3, -0.25) is 10.1 Å². The molecule has 0 saturated heterocycles. The Labute approximate surface area is 208 Å². The topological polar surface area (TPSA) is 94.8 Å². The quantitative estimate of drug-likeness (QED) is 0.360. The van der Waals surface area contributed by atoms with Crippen molar-refractivity contribution >= 4 is 34.1 Å². The molecule has 1 N–H and O–H groups in total. The lowest BCUT2D eigenvalue weighted by Gasteiger charge is -2.18. The van der Waals surface area contributed by atoms with Crippen LogP contribution in [0, 0.1) is 0 Å². The average molecular weight is 501 g/mol. The van der Waals surface area contributed by atoms with Crippen LogP contribution < -0.4 is 10.1 Å². The van der Waals surface area contributed by atoms with E-state index in [1.54, 1.807) is 0 Å². The van der Waals surface area contributed by atoms with Gasteiger partial charge in [-0.1, -0.05) is 61.4 Å². The van der Waals surface area contributed by atoms with E-state index in [4.69, 9.17) is 4.74 Å². The van der Waals surface area contributed by atoms with Gasteiger partial charge >= 0.3 is 0 Å². The summed E-state index contributed by atoms with van der Waals surface area (Å²) in [5.74, 6) is 2.13. The minimum absolute atomic E-state index is 0.121. The van der Waals surface area contributed by atoms with Crippen LogP contribution in [-0.2, 0) is 17.8 Å². The number of thioether (sulfide) groups is 1. The molecule has 0 bridgehead atoms. The monoisotopic (exact) mass is 500 g/mol. The first-order chi connectivity index (χ1) is 16.6. The number of ether oxygens (including phenoxy) is 1. The Balaban J connectivity index is 1.32. The Kier molecular flexibility index (Phi) is 8.55. The Morgan fingerprint density at radius 1 is 1.15 bits per heavy atom. The number of nitrogens with zero attached hydrogens (tertiary/aromatic N) is 5. The van der Waals surface area contributed by atoms with Gasteiger partial charge < -0.3 is 9.30 Å². The van der Waals surface area contributed by atoms with E-state index in [0.29, 0.717) is 22.8 Å². The van der Waals surface area contributed by atoms with Crippen molar-refractivity contribution in [3.05, 3.63) is 40.7 Å². The van der Waals surface area contributed by atoms with Gasteiger partial charge in [0.05, 0.1) is 5.75 Å². The summed E-state index contributed by atoms with van der Waals surface area (Å²) in [7, 11) is 0. The predicted molar refractivity (Wildman–Crippen MR) is 136 cm³/mol. The Morgan fingerprint density at radius 2 is 1.91 bits per heavy atom. The van der Waals surface area contributed by atoms with Crippen molar-refractivity contribution in [3.63, 3.8) is 0 Å². The van der Waals surface area contributed by atoms with Crippen molar-refractivity contribution in [1.29, 1.82) is 0 Å². The van der Waals surface area contributed by atoms with Crippen molar-refractivity contribution < 1.29 is 9.53 Å². The van der Waals surface area contributed by atoms with Crippen molar-refractivity contribution in [3.8, 4) is 5.75 Å². The minimum Gasteiger partial charge on any atom is -0.483 e. The normalized spacial score (nSPS) is 15.3. The molecule has 1 amide bonds. The van der Waals surface area contributed by atoms with Crippen molar-refractivity contribution in [2.45, 2.75) is 83.0 Å². The summed E-state index contributed by atoms with van der Waals surface area (Å²) in [6, 6.07) is 8.11. The van der Waals surface area contributed by atoms with Crippen LogP contribution in [0.4, 0.5) is 5.13 Å². The molecule has 1 aromatic carbocycles. The summed E-state index contributed by atoms with van der Waals surface area (Å²) in [5.41, 5.74) is 1.27. The molecule has 1 unspecified atom stereocenters. The van der Waals surface area contributed by atoms with Gasteiger partial charge in [-0.05, 0) is 50.8 Å². The third-order valence-corrected chi connectivity index (χ3v) is 8.01. The number of nitrogens with one attached hydrogen (secondary N) is 1. The zero-order chi connectivity index (χ0) is 23.9. The van der Waals surface area contributed by atoms with Crippen LogP contribution in [-0.4, -0.2) is 36.6 Å². The number of benzene rings is 1. The number of hydrogen-bond acceptors (Lipinski definition) is 8. The van der Waals surface area contributed by atoms with Gasteiger partial charge in [0.1, 0.15) is 10.8 Å². The standard InChI is InChI=1S/C24H32N6O2S2/c1-4-17-11-13-19(14-12-17)32-16(3)21-26-29-24(30(21)5-2)33-15-20(31)25-23-28-27-22(34-23)18-9-7-6-8-10-18/h11-14,16,18H,4-10,15H2,1-3H3,(H,25,28,31). The number of rotatable bonds is 10. The number of carbonyl (C=O) groups excluding carboxylic acids is 1. The molecule has 2 heterocycles. The average Bonchev–Trinajstić information content (AvgIpc) is 3.50. The fraction of sp³-hybridized carbons (Fsp3) is 0.542. The van der Waals surface area contributed by atoms with E-state index in [1.165, 1.54) is 60.8 Å². The zero-order valence-electron chi connectivity index (χ0n) is 20.0. The minimum atomic E-state index is -0.261. The molecule has 34 heavy (non-hydrogen) atoms. The SMILES string of the molecule is CCc1ccc(OC(C)c2nnc(SCC(=O)Nc3nnc(C4CCCCC4)s3)n2CC)cc1. The first kappa shape index (κ1) is 24.7. The highest BCUT2D eigenvalue weighted by Gasteiger charge is 2.22. The Bertz CT molecular complexity index is 1080. The first-order valence-corrected chi connectivity index (χ1v) is 13.8. The van der Waals surface area contributed by atoms with Crippen molar-refractivity contribution in [2.75, 3.05) is 11.1 Å². The molecule has 2 aromatic heterocycles. The van der Waals surface area contributed by atoms with Gasteiger partial charge in [-0.2, -0.15) is 0 Å². The third kappa shape index (κ3) is 6.15. The van der Waals surface area contributed by atoms with Gasteiger partial charge in [0.25, 0.3) is 0 Å². The molecule has 0 spiro atoms. The van der Waals surface area contributed by atoms with Crippen LogP contribution >= 0.6 is 23.1 Å². The van der Waals surface area contributed by atoms with E-state index in [-0.39, 0.29) is 17.8 Å². The van der Waals surface area contributed by atoms with Crippen LogP contribution in [0.3, 0.4) is 0 Å². The molecule has 0 aliphatic heterocycles. The second-order valence-corrected chi connectivity index (χ2v) is 10.4. The first-order valence-electron chi connectivity index (χ1n) is 12.0. The molecule has 182 valence electrons. The van der Waals surface area contributed by atoms with E-state index < -0.39 is 0 Å². The van der Waals surface area contributed by atoms with E-state index in [2.05, 4.69) is 44.8 Å². The fourth-order valence-corrected chi connectivity index (χ4v) is 5.89. The summed E-state index contributed by atoms with van der Waals surface area (Å²) in [6.45, 7) is 6.82. The van der Waals surface area contributed by atoms with E-state index in [1.807, 2.05) is 30.5 Å². The number of carbonyl (C=O) groups is 1. The number of aromatic nitrogens is 5. The lowest BCUT2D eigenvalue weighted by atomic mass is 9.90. The summed E-state index contributed by atoms with van der Waals surface area (Å²) in [6.07, 6.45) is 6.86.